The van der Waals surface area contributed by atoms with Crippen LogP contribution in [0.3, 0.4) is 0 Å². The Morgan fingerprint density at radius 1 is 1.53 bits per heavy atom. The standard InChI is InChI=1S/C10H14ClN3O3S2/c1-3-17-8(16)6(2)18-10-14-13-9(19-10)12-7(15)4-5-11/h6H,3-5H2,1-2H3,(H,12,13,15)/t6-/m0/s1. The first kappa shape index (κ1) is 16.2. The van der Waals surface area contributed by atoms with E-state index in [1.807, 2.05) is 0 Å². The number of hydrogen-bond donors (Lipinski definition) is 1. The Balaban J connectivity index is 2.50. The van der Waals surface area contributed by atoms with E-state index in [0.717, 1.165) is 0 Å². The van der Waals surface area contributed by atoms with Gasteiger partial charge in [-0.05, 0) is 13.8 Å². The summed E-state index contributed by atoms with van der Waals surface area (Å²) >= 11 is 7.91. The molecule has 0 aliphatic heterocycles. The average molecular weight is 324 g/mol. The van der Waals surface area contributed by atoms with Gasteiger partial charge in [-0.1, -0.05) is 23.1 Å². The lowest BCUT2D eigenvalue weighted by molar-refractivity contribution is -0.142. The highest BCUT2D eigenvalue weighted by Crippen LogP contribution is 2.29. The lowest BCUT2D eigenvalue weighted by Gasteiger charge is -2.06. The molecule has 0 spiro atoms. The van der Waals surface area contributed by atoms with E-state index in [2.05, 4.69) is 15.5 Å². The molecule has 106 valence electrons. The summed E-state index contributed by atoms with van der Waals surface area (Å²) < 4.78 is 5.49. The third-order valence-corrected chi connectivity index (χ3v) is 4.06. The second kappa shape index (κ2) is 8.34. The van der Waals surface area contributed by atoms with E-state index in [1.54, 1.807) is 13.8 Å². The molecule has 0 radical (unpaired) electrons. The number of alkyl halides is 1. The SMILES string of the molecule is CCOC(=O)[C@H](C)Sc1nnc(NC(=O)CCCl)s1. The van der Waals surface area contributed by atoms with Crippen molar-refractivity contribution in [2.45, 2.75) is 29.9 Å². The summed E-state index contributed by atoms with van der Waals surface area (Å²) in [4.78, 5) is 22.7. The molecule has 1 aromatic rings. The van der Waals surface area contributed by atoms with E-state index < -0.39 is 0 Å². The molecule has 0 bridgehead atoms. The molecule has 0 saturated heterocycles. The second-order valence-electron chi connectivity index (χ2n) is 3.37. The van der Waals surface area contributed by atoms with Crippen molar-refractivity contribution in [1.82, 2.24) is 10.2 Å². The van der Waals surface area contributed by atoms with Crippen LogP contribution in [0.4, 0.5) is 5.13 Å². The zero-order valence-electron chi connectivity index (χ0n) is 10.5. The molecule has 1 aromatic heterocycles. The van der Waals surface area contributed by atoms with Crippen LogP contribution in [0.15, 0.2) is 4.34 Å². The van der Waals surface area contributed by atoms with Gasteiger partial charge in [-0.2, -0.15) is 0 Å². The highest BCUT2D eigenvalue weighted by Gasteiger charge is 2.18. The first-order valence-corrected chi connectivity index (χ1v) is 7.82. The van der Waals surface area contributed by atoms with Gasteiger partial charge >= 0.3 is 5.97 Å². The molecule has 1 heterocycles. The quantitative estimate of drug-likeness (QED) is 0.358. The van der Waals surface area contributed by atoms with Crippen LogP contribution < -0.4 is 5.32 Å². The van der Waals surface area contributed by atoms with Crippen molar-refractivity contribution in [3.63, 3.8) is 0 Å². The average Bonchev–Trinajstić information content (AvgIpc) is 2.77. The third-order valence-electron chi connectivity index (χ3n) is 1.87. The van der Waals surface area contributed by atoms with E-state index in [4.69, 9.17) is 16.3 Å². The Labute approximate surface area is 124 Å². The summed E-state index contributed by atoms with van der Waals surface area (Å²) in [5, 5.41) is 10.3. The van der Waals surface area contributed by atoms with Crippen LogP contribution in [0, 0.1) is 0 Å². The zero-order chi connectivity index (χ0) is 14.3. The first-order chi connectivity index (χ1) is 9.06. The normalized spacial score (nSPS) is 11.9. The Morgan fingerprint density at radius 3 is 2.89 bits per heavy atom. The molecule has 1 rings (SSSR count). The molecule has 9 heteroatoms. The Bertz CT molecular complexity index is 441. The number of thioether (sulfide) groups is 1. The van der Waals surface area contributed by atoms with Gasteiger partial charge in [0.2, 0.25) is 11.0 Å². The summed E-state index contributed by atoms with van der Waals surface area (Å²) in [5.41, 5.74) is 0. The minimum atomic E-state index is -0.362. The van der Waals surface area contributed by atoms with Gasteiger partial charge in [-0.15, -0.1) is 21.8 Å². The number of anilines is 1. The van der Waals surface area contributed by atoms with E-state index in [-0.39, 0.29) is 29.4 Å². The predicted octanol–water partition coefficient (Wildman–Crippen LogP) is 2.15. The van der Waals surface area contributed by atoms with Gasteiger partial charge in [-0.25, -0.2) is 0 Å². The van der Waals surface area contributed by atoms with Crippen LogP contribution in [0.25, 0.3) is 0 Å². The minimum absolute atomic E-state index is 0.207. The van der Waals surface area contributed by atoms with Crippen LogP contribution >= 0.6 is 34.7 Å². The number of ether oxygens (including phenoxy) is 1. The summed E-state index contributed by atoms with van der Waals surface area (Å²) in [6.45, 7) is 3.83. The van der Waals surface area contributed by atoms with E-state index >= 15 is 0 Å². The second-order valence-corrected chi connectivity index (χ2v) is 6.32. The fourth-order valence-corrected chi connectivity index (χ4v) is 3.12. The summed E-state index contributed by atoms with van der Waals surface area (Å²) in [6.07, 6.45) is 0.225. The fraction of sp³-hybridized carbons (Fsp3) is 0.600. The van der Waals surface area contributed by atoms with Crippen molar-refractivity contribution < 1.29 is 14.3 Å². The van der Waals surface area contributed by atoms with Crippen LogP contribution in [0.1, 0.15) is 20.3 Å². The molecule has 0 saturated carbocycles. The monoisotopic (exact) mass is 323 g/mol. The molecule has 0 aromatic carbocycles. The highest BCUT2D eigenvalue weighted by molar-refractivity contribution is 8.02. The number of nitrogens with zero attached hydrogens (tertiary/aromatic N) is 2. The number of rotatable bonds is 7. The van der Waals surface area contributed by atoms with Crippen molar-refractivity contribution in [1.29, 1.82) is 0 Å². The van der Waals surface area contributed by atoms with Crippen molar-refractivity contribution >= 4 is 51.7 Å². The molecule has 6 nitrogen and oxygen atoms in total. The third kappa shape index (κ3) is 5.75. The van der Waals surface area contributed by atoms with Crippen LogP contribution in [0.5, 0.6) is 0 Å². The Kier molecular flexibility index (Phi) is 7.11. The summed E-state index contributed by atoms with van der Waals surface area (Å²) in [7, 11) is 0. The van der Waals surface area contributed by atoms with Crippen LogP contribution in [-0.4, -0.2) is 39.8 Å². The molecule has 0 aliphatic rings. The predicted molar refractivity (Wildman–Crippen MR) is 75.8 cm³/mol. The largest absolute Gasteiger partial charge is 0.465 e. The molecule has 1 atom stereocenters. The number of carbonyl (C=O) groups is 2. The molecule has 0 aliphatic carbocycles. The number of aromatic nitrogens is 2. The van der Waals surface area contributed by atoms with Gasteiger partial charge < -0.3 is 10.1 Å². The number of nitrogens with one attached hydrogen (secondary N) is 1. The topological polar surface area (TPSA) is 81.2 Å². The van der Waals surface area contributed by atoms with E-state index in [9.17, 15) is 9.59 Å². The number of hydrogen-bond acceptors (Lipinski definition) is 7. The van der Waals surface area contributed by atoms with Gasteiger partial charge in [0.1, 0.15) is 5.25 Å². The highest BCUT2D eigenvalue weighted by atomic mass is 35.5. The maximum Gasteiger partial charge on any atom is 0.319 e. The molecule has 0 unspecified atom stereocenters. The molecule has 1 N–H and O–H groups in total. The number of carbonyl (C=O) groups excluding carboxylic acids is 2. The summed E-state index contributed by atoms with van der Waals surface area (Å²) in [5.74, 6) is -0.247. The minimum Gasteiger partial charge on any atom is -0.465 e. The Hall–Kier alpha value is -0.860. The van der Waals surface area contributed by atoms with Crippen molar-refractivity contribution in [2.75, 3.05) is 17.8 Å². The van der Waals surface area contributed by atoms with Gasteiger partial charge in [0.25, 0.3) is 0 Å². The van der Waals surface area contributed by atoms with Gasteiger partial charge in [0.05, 0.1) is 6.61 Å². The number of amides is 1. The van der Waals surface area contributed by atoms with E-state index in [1.165, 1.54) is 23.1 Å². The maximum atomic E-state index is 11.4. The molecule has 0 fully saturated rings. The van der Waals surface area contributed by atoms with Crippen molar-refractivity contribution in [3.05, 3.63) is 0 Å². The summed E-state index contributed by atoms with van der Waals surface area (Å²) in [6, 6.07) is 0. The Morgan fingerprint density at radius 2 is 2.26 bits per heavy atom. The molecule has 1 amide bonds. The van der Waals surface area contributed by atoms with E-state index in [0.29, 0.717) is 16.1 Å². The lowest BCUT2D eigenvalue weighted by atomic mass is 10.5. The van der Waals surface area contributed by atoms with Crippen LogP contribution in [-0.2, 0) is 14.3 Å². The number of halogens is 1. The first-order valence-electron chi connectivity index (χ1n) is 5.59. The van der Waals surface area contributed by atoms with Crippen LogP contribution in [0.2, 0.25) is 0 Å². The van der Waals surface area contributed by atoms with Gasteiger partial charge in [0.15, 0.2) is 4.34 Å². The number of esters is 1. The van der Waals surface area contributed by atoms with Crippen molar-refractivity contribution in [2.24, 2.45) is 0 Å². The molecular formula is C10H14ClN3O3S2. The zero-order valence-corrected chi connectivity index (χ0v) is 12.9. The van der Waals surface area contributed by atoms with Gasteiger partial charge in [-0.3, -0.25) is 9.59 Å². The molecular weight excluding hydrogens is 310 g/mol. The maximum absolute atomic E-state index is 11.4. The molecule has 19 heavy (non-hydrogen) atoms. The lowest BCUT2D eigenvalue weighted by Crippen LogP contribution is -2.16. The smallest absolute Gasteiger partial charge is 0.319 e. The van der Waals surface area contributed by atoms with Gasteiger partial charge in [0, 0.05) is 12.3 Å². The van der Waals surface area contributed by atoms with Crippen molar-refractivity contribution in [3.8, 4) is 0 Å². The fourth-order valence-electron chi connectivity index (χ4n) is 1.03.